The summed E-state index contributed by atoms with van der Waals surface area (Å²) < 4.78 is 1.23. The molecule has 2 nitrogen and oxygen atoms in total. The van der Waals surface area contributed by atoms with Crippen LogP contribution < -0.4 is 5.73 Å². The molecule has 0 fully saturated rings. The molecular weight excluding hydrogens is 288 g/mol. The number of benzene rings is 1. The van der Waals surface area contributed by atoms with Crippen molar-refractivity contribution in [3.05, 3.63) is 33.8 Å². The van der Waals surface area contributed by atoms with E-state index in [1.807, 2.05) is 0 Å². The van der Waals surface area contributed by atoms with Gasteiger partial charge in [0.15, 0.2) is 0 Å². The van der Waals surface area contributed by atoms with Crippen LogP contribution in [0.4, 0.5) is 0 Å². The summed E-state index contributed by atoms with van der Waals surface area (Å²) in [7, 11) is 0. The molecule has 0 bridgehead atoms. The number of hydrogen-bond acceptors (Lipinski definition) is 2. The number of nitrogens with two attached hydrogens (primary N) is 1. The van der Waals surface area contributed by atoms with Crippen molar-refractivity contribution in [2.24, 2.45) is 5.73 Å². The van der Waals surface area contributed by atoms with Gasteiger partial charge in [0.1, 0.15) is 0 Å². The predicted octanol–water partition coefficient (Wildman–Crippen LogP) is 2.58. The first-order valence-corrected chi connectivity index (χ1v) is 6.20. The first kappa shape index (κ1) is 14.0. The van der Waals surface area contributed by atoms with Crippen molar-refractivity contribution in [2.75, 3.05) is 13.1 Å². The van der Waals surface area contributed by atoms with Gasteiger partial charge < -0.3 is 5.73 Å². The van der Waals surface area contributed by atoms with E-state index in [1.54, 1.807) is 0 Å². The highest BCUT2D eigenvalue weighted by molar-refractivity contribution is 9.10. The molecule has 1 aromatic rings. The van der Waals surface area contributed by atoms with Crippen molar-refractivity contribution in [3.8, 4) is 0 Å². The second-order valence-electron chi connectivity index (χ2n) is 4.34. The molecule has 0 radical (unpaired) electrons. The molecular formula is C12H18BrClN2. The number of rotatable bonds is 2. The van der Waals surface area contributed by atoms with Crippen LogP contribution in [0.15, 0.2) is 22.7 Å². The maximum Gasteiger partial charge on any atom is 0.0248 e. The van der Waals surface area contributed by atoms with Crippen LogP contribution in [-0.2, 0) is 13.0 Å². The standard InChI is InChI=1S/C12H17BrN2.ClH/c1-9(14)7-15-6-5-10-3-2-4-12(13)11(10)8-15;/h2-4,9H,5-8,14H2,1H3;1H. The highest BCUT2D eigenvalue weighted by Crippen LogP contribution is 2.26. The minimum atomic E-state index is 0. The fourth-order valence-electron chi connectivity index (χ4n) is 2.16. The topological polar surface area (TPSA) is 29.3 Å². The van der Waals surface area contributed by atoms with Crippen molar-refractivity contribution >= 4 is 28.3 Å². The van der Waals surface area contributed by atoms with Gasteiger partial charge in [-0.2, -0.15) is 0 Å². The van der Waals surface area contributed by atoms with E-state index in [0.717, 1.165) is 26.1 Å². The summed E-state index contributed by atoms with van der Waals surface area (Å²) in [5.74, 6) is 0. The molecule has 1 unspecified atom stereocenters. The van der Waals surface area contributed by atoms with Gasteiger partial charge in [-0.05, 0) is 30.5 Å². The highest BCUT2D eigenvalue weighted by Gasteiger charge is 2.18. The second-order valence-corrected chi connectivity index (χ2v) is 5.19. The Kier molecular flexibility index (Phi) is 5.25. The summed E-state index contributed by atoms with van der Waals surface area (Å²) in [6, 6.07) is 6.72. The minimum Gasteiger partial charge on any atom is -0.327 e. The third kappa shape index (κ3) is 3.20. The molecule has 0 spiro atoms. The molecule has 2 rings (SSSR count). The summed E-state index contributed by atoms with van der Waals surface area (Å²) in [6.45, 7) is 5.21. The van der Waals surface area contributed by atoms with Crippen LogP contribution in [0.5, 0.6) is 0 Å². The Morgan fingerprint density at radius 2 is 2.25 bits per heavy atom. The molecule has 4 heteroatoms. The zero-order chi connectivity index (χ0) is 10.8. The SMILES string of the molecule is CC(N)CN1CCc2cccc(Br)c2C1.Cl. The van der Waals surface area contributed by atoms with Gasteiger partial charge in [0, 0.05) is 30.1 Å². The average Bonchev–Trinajstić information content (AvgIpc) is 2.18. The van der Waals surface area contributed by atoms with Gasteiger partial charge in [0.25, 0.3) is 0 Å². The first-order valence-electron chi connectivity index (χ1n) is 5.41. The lowest BCUT2D eigenvalue weighted by Crippen LogP contribution is -2.38. The molecule has 2 N–H and O–H groups in total. The number of hydrogen-bond donors (Lipinski definition) is 1. The normalized spacial score (nSPS) is 17.4. The molecule has 1 aliphatic rings. The van der Waals surface area contributed by atoms with E-state index in [4.69, 9.17) is 5.73 Å². The Labute approximate surface area is 112 Å². The molecule has 0 aromatic heterocycles. The van der Waals surface area contributed by atoms with Crippen molar-refractivity contribution in [1.82, 2.24) is 4.90 Å². The van der Waals surface area contributed by atoms with E-state index in [0.29, 0.717) is 0 Å². The Morgan fingerprint density at radius 1 is 1.50 bits per heavy atom. The van der Waals surface area contributed by atoms with Crippen LogP contribution in [0.3, 0.4) is 0 Å². The van der Waals surface area contributed by atoms with E-state index in [9.17, 15) is 0 Å². The highest BCUT2D eigenvalue weighted by atomic mass is 79.9. The molecule has 16 heavy (non-hydrogen) atoms. The zero-order valence-electron chi connectivity index (χ0n) is 9.45. The molecule has 0 aliphatic carbocycles. The number of fused-ring (bicyclic) bond motifs is 1. The van der Waals surface area contributed by atoms with Gasteiger partial charge in [0.05, 0.1) is 0 Å². The quantitative estimate of drug-likeness (QED) is 0.910. The fourth-order valence-corrected chi connectivity index (χ4v) is 2.69. The maximum atomic E-state index is 5.83. The molecule has 1 aromatic carbocycles. The zero-order valence-corrected chi connectivity index (χ0v) is 11.9. The molecule has 0 amide bonds. The summed E-state index contributed by atoms with van der Waals surface area (Å²) in [5.41, 5.74) is 8.74. The first-order chi connectivity index (χ1) is 7.16. The molecule has 1 heterocycles. The Balaban J connectivity index is 0.00000128. The molecule has 1 atom stereocenters. The van der Waals surface area contributed by atoms with Gasteiger partial charge in [-0.1, -0.05) is 28.1 Å². The average molecular weight is 306 g/mol. The minimum absolute atomic E-state index is 0. The lowest BCUT2D eigenvalue weighted by molar-refractivity contribution is 0.242. The van der Waals surface area contributed by atoms with Crippen LogP contribution in [-0.4, -0.2) is 24.0 Å². The van der Waals surface area contributed by atoms with Gasteiger partial charge in [-0.3, -0.25) is 4.90 Å². The number of halogens is 2. The summed E-state index contributed by atoms with van der Waals surface area (Å²) in [6.07, 6.45) is 1.14. The Morgan fingerprint density at radius 3 is 2.94 bits per heavy atom. The Bertz CT molecular complexity index is 355. The predicted molar refractivity (Wildman–Crippen MR) is 74.0 cm³/mol. The van der Waals surface area contributed by atoms with Gasteiger partial charge in [0.2, 0.25) is 0 Å². The summed E-state index contributed by atoms with van der Waals surface area (Å²) in [5, 5.41) is 0. The summed E-state index contributed by atoms with van der Waals surface area (Å²) >= 11 is 3.62. The van der Waals surface area contributed by atoms with Crippen LogP contribution in [0.2, 0.25) is 0 Å². The van der Waals surface area contributed by atoms with Crippen molar-refractivity contribution in [1.29, 1.82) is 0 Å². The fraction of sp³-hybridized carbons (Fsp3) is 0.500. The van der Waals surface area contributed by atoms with Crippen molar-refractivity contribution in [2.45, 2.75) is 25.9 Å². The van der Waals surface area contributed by atoms with Crippen LogP contribution in [0, 0.1) is 0 Å². The third-order valence-electron chi connectivity index (χ3n) is 2.84. The van der Waals surface area contributed by atoms with Crippen LogP contribution >= 0.6 is 28.3 Å². The largest absolute Gasteiger partial charge is 0.327 e. The van der Waals surface area contributed by atoms with Gasteiger partial charge in [-0.15, -0.1) is 12.4 Å². The van der Waals surface area contributed by atoms with E-state index >= 15 is 0 Å². The van der Waals surface area contributed by atoms with E-state index in [2.05, 4.69) is 46.0 Å². The van der Waals surface area contributed by atoms with E-state index in [1.165, 1.54) is 15.6 Å². The van der Waals surface area contributed by atoms with E-state index < -0.39 is 0 Å². The smallest absolute Gasteiger partial charge is 0.0248 e. The lowest BCUT2D eigenvalue weighted by Gasteiger charge is -2.30. The molecule has 0 saturated carbocycles. The lowest BCUT2D eigenvalue weighted by atomic mass is 10.00. The van der Waals surface area contributed by atoms with Crippen molar-refractivity contribution in [3.63, 3.8) is 0 Å². The molecule has 90 valence electrons. The van der Waals surface area contributed by atoms with Crippen LogP contribution in [0.25, 0.3) is 0 Å². The van der Waals surface area contributed by atoms with Gasteiger partial charge in [-0.25, -0.2) is 0 Å². The van der Waals surface area contributed by atoms with Gasteiger partial charge >= 0.3 is 0 Å². The Hall–Kier alpha value is -0.0900. The van der Waals surface area contributed by atoms with Crippen LogP contribution in [0.1, 0.15) is 18.1 Å². The molecule has 0 saturated heterocycles. The number of nitrogens with zero attached hydrogens (tertiary/aromatic N) is 1. The molecule has 1 aliphatic heterocycles. The monoisotopic (exact) mass is 304 g/mol. The summed E-state index contributed by atoms with van der Waals surface area (Å²) in [4.78, 5) is 2.43. The van der Waals surface area contributed by atoms with Crippen molar-refractivity contribution < 1.29 is 0 Å². The third-order valence-corrected chi connectivity index (χ3v) is 3.58. The second kappa shape index (κ2) is 6.01. The van der Waals surface area contributed by atoms with E-state index in [-0.39, 0.29) is 18.4 Å². The maximum absolute atomic E-state index is 5.83.